The molecule has 0 fully saturated rings. The summed E-state index contributed by atoms with van der Waals surface area (Å²) in [5.41, 5.74) is 1.07. The van der Waals surface area contributed by atoms with Crippen molar-refractivity contribution in [3.8, 4) is 0 Å². The molecular weight excluding hydrogens is 242 g/mol. The highest BCUT2D eigenvalue weighted by atomic mass is 32.1. The molecule has 0 bridgehead atoms. The van der Waals surface area contributed by atoms with Crippen molar-refractivity contribution in [1.82, 2.24) is 9.55 Å². The van der Waals surface area contributed by atoms with E-state index in [0.717, 1.165) is 18.2 Å². The minimum Gasteiger partial charge on any atom is -0.356 e. The molecule has 0 radical (unpaired) electrons. The summed E-state index contributed by atoms with van der Waals surface area (Å²) < 4.78 is 2.23. The van der Waals surface area contributed by atoms with E-state index in [4.69, 9.17) is 0 Å². The SMILES string of the molecule is CCCCNc1nc(C)cn1C(C)c1cccs1. The molecule has 2 aromatic heterocycles. The first-order chi connectivity index (χ1) is 8.72. The Morgan fingerprint density at radius 3 is 3.00 bits per heavy atom. The van der Waals surface area contributed by atoms with Crippen LogP contribution in [0, 0.1) is 6.92 Å². The molecule has 1 atom stereocenters. The van der Waals surface area contributed by atoms with Gasteiger partial charge in [-0.2, -0.15) is 0 Å². The number of unbranched alkanes of at least 4 members (excludes halogenated alkanes) is 1. The van der Waals surface area contributed by atoms with Crippen molar-refractivity contribution in [2.24, 2.45) is 0 Å². The van der Waals surface area contributed by atoms with Crippen molar-refractivity contribution >= 4 is 17.3 Å². The quantitative estimate of drug-likeness (QED) is 0.796. The van der Waals surface area contributed by atoms with Gasteiger partial charge in [0, 0.05) is 17.6 Å². The van der Waals surface area contributed by atoms with Crippen LogP contribution in [0.3, 0.4) is 0 Å². The highest BCUT2D eigenvalue weighted by Crippen LogP contribution is 2.26. The van der Waals surface area contributed by atoms with Crippen molar-refractivity contribution in [1.29, 1.82) is 0 Å². The minimum atomic E-state index is 0.343. The Morgan fingerprint density at radius 1 is 1.50 bits per heavy atom. The molecule has 3 nitrogen and oxygen atoms in total. The van der Waals surface area contributed by atoms with Crippen LogP contribution in [0.25, 0.3) is 0 Å². The monoisotopic (exact) mass is 263 g/mol. The molecule has 0 saturated heterocycles. The summed E-state index contributed by atoms with van der Waals surface area (Å²) >= 11 is 1.80. The van der Waals surface area contributed by atoms with Crippen LogP contribution in [-0.2, 0) is 0 Å². The van der Waals surface area contributed by atoms with Crippen molar-refractivity contribution in [3.05, 3.63) is 34.3 Å². The lowest BCUT2D eigenvalue weighted by Crippen LogP contribution is -2.11. The second-order valence-electron chi connectivity index (χ2n) is 4.58. The number of nitrogens with zero attached hydrogens (tertiary/aromatic N) is 2. The lowest BCUT2D eigenvalue weighted by molar-refractivity contribution is 0.651. The summed E-state index contributed by atoms with van der Waals surface area (Å²) in [6, 6.07) is 4.63. The van der Waals surface area contributed by atoms with Gasteiger partial charge in [-0.25, -0.2) is 4.98 Å². The Morgan fingerprint density at radius 2 is 2.33 bits per heavy atom. The number of nitrogens with one attached hydrogen (secondary N) is 1. The zero-order chi connectivity index (χ0) is 13.0. The maximum Gasteiger partial charge on any atom is 0.203 e. The van der Waals surface area contributed by atoms with Crippen LogP contribution in [0.2, 0.25) is 0 Å². The summed E-state index contributed by atoms with van der Waals surface area (Å²) in [6.45, 7) is 7.46. The first kappa shape index (κ1) is 13.1. The molecule has 0 aromatic carbocycles. The number of hydrogen-bond acceptors (Lipinski definition) is 3. The molecule has 0 saturated carbocycles. The Balaban J connectivity index is 2.16. The molecule has 2 aromatic rings. The molecule has 0 aliphatic carbocycles. The fourth-order valence-corrected chi connectivity index (χ4v) is 2.77. The fraction of sp³-hybridized carbons (Fsp3) is 0.500. The van der Waals surface area contributed by atoms with Gasteiger partial charge < -0.3 is 9.88 Å². The molecule has 2 heterocycles. The maximum atomic E-state index is 4.57. The number of aryl methyl sites for hydroxylation is 1. The van der Waals surface area contributed by atoms with Gasteiger partial charge in [-0.1, -0.05) is 19.4 Å². The summed E-state index contributed by atoms with van der Waals surface area (Å²) in [6.07, 6.45) is 4.51. The first-order valence-electron chi connectivity index (χ1n) is 6.55. The normalized spacial score (nSPS) is 12.6. The van der Waals surface area contributed by atoms with E-state index in [9.17, 15) is 0 Å². The van der Waals surface area contributed by atoms with E-state index in [1.165, 1.54) is 17.7 Å². The van der Waals surface area contributed by atoms with Gasteiger partial charge in [-0.3, -0.25) is 0 Å². The van der Waals surface area contributed by atoms with Crippen LogP contribution in [0.15, 0.2) is 23.7 Å². The van der Waals surface area contributed by atoms with Crippen LogP contribution in [0.5, 0.6) is 0 Å². The van der Waals surface area contributed by atoms with Crippen molar-refractivity contribution in [2.75, 3.05) is 11.9 Å². The third-order valence-electron chi connectivity index (χ3n) is 3.04. The third kappa shape index (κ3) is 2.93. The molecule has 0 aliphatic heterocycles. The molecule has 1 N–H and O–H groups in total. The second kappa shape index (κ2) is 6.05. The lowest BCUT2D eigenvalue weighted by atomic mass is 10.3. The smallest absolute Gasteiger partial charge is 0.203 e. The Hall–Kier alpha value is -1.29. The van der Waals surface area contributed by atoms with E-state index < -0.39 is 0 Å². The van der Waals surface area contributed by atoms with E-state index in [2.05, 4.69) is 52.4 Å². The number of rotatable bonds is 6. The third-order valence-corrected chi connectivity index (χ3v) is 4.08. The van der Waals surface area contributed by atoms with Gasteiger partial charge >= 0.3 is 0 Å². The molecular formula is C14H21N3S. The Kier molecular flexibility index (Phi) is 4.42. The Bertz CT molecular complexity index is 473. The predicted molar refractivity (Wildman–Crippen MR) is 78.5 cm³/mol. The fourth-order valence-electron chi connectivity index (χ4n) is 1.99. The Labute approximate surface area is 113 Å². The largest absolute Gasteiger partial charge is 0.356 e. The maximum absolute atomic E-state index is 4.57. The van der Waals surface area contributed by atoms with Gasteiger partial charge in [0.05, 0.1) is 11.7 Å². The summed E-state index contributed by atoms with van der Waals surface area (Å²) in [7, 11) is 0. The lowest BCUT2D eigenvalue weighted by Gasteiger charge is -2.15. The van der Waals surface area contributed by atoms with Crippen LogP contribution in [-0.4, -0.2) is 16.1 Å². The molecule has 0 aliphatic rings. The number of anilines is 1. The average molecular weight is 263 g/mol. The molecule has 0 spiro atoms. The average Bonchev–Trinajstić information content (AvgIpc) is 2.98. The summed E-state index contributed by atoms with van der Waals surface area (Å²) in [5, 5.41) is 5.56. The molecule has 1 unspecified atom stereocenters. The minimum absolute atomic E-state index is 0.343. The second-order valence-corrected chi connectivity index (χ2v) is 5.56. The van der Waals surface area contributed by atoms with Crippen LogP contribution >= 0.6 is 11.3 Å². The topological polar surface area (TPSA) is 29.9 Å². The molecule has 4 heteroatoms. The zero-order valence-corrected chi connectivity index (χ0v) is 12.1. The zero-order valence-electron chi connectivity index (χ0n) is 11.3. The molecule has 0 amide bonds. The number of aromatic nitrogens is 2. The number of thiophene rings is 1. The predicted octanol–water partition coefficient (Wildman–Crippen LogP) is 4.07. The van der Waals surface area contributed by atoms with Gasteiger partial charge in [0.2, 0.25) is 5.95 Å². The first-order valence-corrected chi connectivity index (χ1v) is 7.43. The van der Waals surface area contributed by atoms with Gasteiger partial charge in [0.1, 0.15) is 0 Å². The van der Waals surface area contributed by atoms with E-state index >= 15 is 0 Å². The summed E-state index contributed by atoms with van der Waals surface area (Å²) in [4.78, 5) is 5.94. The van der Waals surface area contributed by atoms with Crippen molar-refractivity contribution in [2.45, 2.75) is 39.7 Å². The number of imidazole rings is 1. The number of hydrogen-bond donors (Lipinski definition) is 1. The van der Waals surface area contributed by atoms with Gasteiger partial charge in [0.15, 0.2) is 0 Å². The van der Waals surface area contributed by atoms with E-state index in [1.54, 1.807) is 11.3 Å². The molecule has 2 rings (SSSR count). The van der Waals surface area contributed by atoms with Crippen LogP contribution in [0.4, 0.5) is 5.95 Å². The van der Waals surface area contributed by atoms with Crippen molar-refractivity contribution < 1.29 is 0 Å². The van der Waals surface area contributed by atoms with E-state index in [0.29, 0.717) is 6.04 Å². The van der Waals surface area contributed by atoms with Gasteiger partial charge in [0.25, 0.3) is 0 Å². The van der Waals surface area contributed by atoms with Crippen LogP contribution < -0.4 is 5.32 Å². The van der Waals surface area contributed by atoms with E-state index in [-0.39, 0.29) is 0 Å². The van der Waals surface area contributed by atoms with Crippen LogP contribution in [0.1, 0.15) is 43.3 Å². The van der Waals surface area contributed by atoms with Gasteiger partial charge in [-0.15, -0.1) is 11.3 Å². The van der Waals surface area contributed by atoms with Gasteiger partial charge in [-0.05, 0) is 31.7 Å². The molecule has 98 valence electrons. The molecule has 18 heavy (non-hydrogen) atoms. The van der Waals surface area contributed by atoms with Crippen molar-refractivity contribution in [3.63, 3.8) is 0 Å². The standard InChI is InChI=1S/C14H21N3S/c1-4-5-8-15-14-16-11(2)10-17(14)12(3)13-7-6-9-18-13/h6-7,9-10,12H,4-5,8H2,1-3H3,(H,15,16). The summed E-state index contributed by atoms with van der Waals surface area (Å²) in [5.74, 6) is 0.988. The highest BCUT2D eigenvalue weighted by Gasteiger charge is 2.13. The van der Waals surface area contributed by atoms with E-state index in [1.807, 2.05) is 6.92 Å². The highest BCUT2D eigenvalue weighted by molar-refractivity contribution is 7.10.